The van der Waals surface area contributed by atoms with E-state index in [0.29, 0.717) is 11.4 Å². The lowest BCUT2D eigenvalue weighted by Crippen LogP contribution is -2.11. The number of amides is 1. The lowest BCUT2D eigenvalue weighted by molar-refractivity contribution is -0.137. The summed E-state index contributed by atoms with van der Waals surface area (Å²) in [6, 6.07) is 10.3. The van der Waals surface area contributed by atoms with Gasteiger partial charge in [-0.15, -0.1) is 0 Å². The first-order valence-electron chi connectivity index (χ1n) is 9.42. The third-order valence-corrected chi connectivity index (χ3v) is 4.40. The van der Waals surface area contributed by atoms with Crippen LogP contribution in [-0.4, -0.2) is 28.2 Å². The van der Waals surface area contributed by atoms with Gasteiger partial charge in [0.25, 0.3) is 5.91 Å². The molecule has 0 fully saturated rings. The summed E-state index contributed by atoms with van der Waals surface area (Å²) in [5.74, 6) is -1.34. The number of alkyl halides is 3. The molecule has 3 aromatic rings. The number of aromatic nitrogens is 1. The predicted octanol–water partition coefficient (Wildman–Crippen LogP) is 4.97. The Labute approximate surface area is 181 Å². The fourth-order valence-corrected chi connectivity index (χ4v) is 2.87. The van der Waals surface area contributed by atoms with E-state index in [1.807, 2.05) is 0 Å². The molecule has 0 radical (unpaired) electrons. The van der Waals surface area contributed by atoms with Crippen LogP contribution in [0.15, 0.2) is 54.7 Å². The van der Waals surface area contributed by atoms with Crippen LogP contribution >= 0.6 is 0 Å². The maximum absolute atomic E-state index is 12.6. The average Bonchev–Trinajstić information content (AvgIpc) is 3.03. The highest BCUT2D eigenvalue weighted by Gasteiger charge is 2.30. The molecule has 32 heavy (non-hydrogen) atoms. The second-order valence-corrected chi connectivity index (χ2v) is 6.67. The largest absolute Gasteiger partial charge is 0.505 e. The minimum Gasteiger partial charge on any atom is -0.505 e. The number of benzene rings is 2. The number of rotatable bonds is 6. The summed E-state index contributed by atoms with van der Waals surface area (Å²) >= 11 is 0. The number of hydrogen-bond acceptors (Lipinski definition) is 5. The van der Waals surface area contributed by atoms with Crippen molar-refractivity contribution in [2.24, 2.45) is 7.05 Å². The van der Waals surface area contributed by atoms with E-state index in [9.17, 15) is 27.9 Å². The zero-order valence-corrected chi connectivity index (χ0v) is 17.1. The van der Waals surface area contributed by atoms with Crippen LogP contribution in [0.1, 0.15) is 33.3 Å². The molecule has 0 unspecified atom stereocenters. The van der Waals surface area contributed by atoms with E-state index >= 15 is 0 Å². The van der Waals surface area contributed by atoms with Crippen molar-refractivity contribution in [3.8, 4) is 17.2 Å². The fourth-order valence-electron chi connectivity index (χ4n) is 2.87. The molecule has 3 rings (SSSR count). The molecule has 10 heteroatoms. The summed E-state index contributed by atoms with van der Waals surface area (Å²) < 4.78 is 49.5. The van der Waals surface area contributed by atoms with E-state index in [-0.39, 0.29) is 23.6 Å². The fraction of sp³-hybridized carbons (Fsp3) is 0.182. The Morgan fingerprint density at radius 1 is 1.03 bits per heavy atom. The molecule has 0 spiro atoms. The number of aryl methyl sites for hydroxylation is 1. The molecule has 0 aliphatic heterocycles. The molecule has 1 heterocycles. The van der Waals surface area contributed by atoms with E-state index in [0.717, 1.165) is 12.1 Å². The topological polar surface area (TPSA) is 89.8 Å². The molecule has 0 aliphatic carbocycles. The molecular formula is C22H19F3N2O5. The second kappa shape index (κ2) is 9.04. The number of aromatic hydroxyl groups is 1. The molecular weight excluding hydrogens is 429 g/mol. The van der Waals surface area contributed by atoms with E-state index in [4.69, 9.17) is 9.47 Å². The highest BCUT2D eigenvalue weighted by Crippen LogP contribution is 2.32. The molecule has 2 aromatic carbocycles. The van der Waals surface area contributed by atoms with Crippen molar-refractivity contribution in [1.29, 1.82) is 0 Å². The van der Waals surface area contributed by atoms with Crippen LogP contribution in [0, 0.1) is 0 Å². The quantitative estimate of drug-likeness (QED) is 0.520. The summed E-state index contributed by atoms with van der Waals surface area (Å²) in [7, 11) is 1.50. The van der Waals surface area contributed by atoms with Crippen molar-refractivity contribution in [1.82, 2.24) is 4.57 Å². The molecule has 1 aromatic heterocycles. The Bertz CT molecular complexity index is 1120. The smallest absolute Gasteiger partial charge is 0.416 e. The Morgan fingerprint density at radius 3 is 2.12 bits per heavy atom. The Balaban J connectivity index is 1.68. The van der Waals surface area contributed by atoms with E-state index in [1.54, 1.807) is 6.92 Å². The number of halogens is 3. The average molecular weight is 448 g/mol. The van der Waals surface area contributed by atoms with Gasteiger partial charge in [0.05, 0.1) is 12.2 Å². The predicted molar refractivity (Wildman–Crippen MR) is 109 cm³/mol. The summed E-state index contributed by atoms with van der Waals surface area (Å²) in [6.07, 6.45) is -3.12. The molecule has 168 valence electrons. The van der Waals surface area contributed by atoms with Crippen LogP contribution in [0.4, 0.5) is 18.9 Å². The van der Waals surface area contributed by atoms with Crippen LogP contribution in [0.25, 0.3) is 0 Å². The molecule has 0 atom stereocenters. The summed E-state index contributed by atoms with van der Waals surface area (Å²) in [4.78, 5) is 24.4. The van der Waals surface area contributed by atoms with Crippen LogP contribution in [0.2, 0.25) is 0 Å². The monoisotopic (exact) mass is 448 g/mol. The Kier molecular flexibility index (Phi) is 6.42. The number of esters is 1. The number of nitrogens with one attached hydrogen (secondary N) is 1. The molecule has 2 N–H and O–H groups in total. The van der Waals surface area contributed by atoms with Crippen molar-refractivity contribution in [2.45, 2.75) is 13.1 Å². The number of hydrogen-bond donors (Lipinski definition) is 2. The van der Waals surface area contributed by atoms with Gasteiger partial charge in [0.15, 0.2) is 11.4 Å². The highest BCUT2D eigenvalue weighted by atomic mass is 19.4. The van der Waals surface area contributed by atoms with Crippen molar-refractivity contribution in [3.63, 3.8) is 0 Å². The number of carbonyl (C=O) groups is 2. The number of ether oxygens (including phenoxy) is 2. The molecule has 0 bridgehead atoms. The van der Waals surface area contributed by atoms with Gasteiger partial charge in [-0.1, -0.05) is 0 Å². The van der Waals surface area contributed by atoms with Crippen LogP contribution < -0.4 is 10.1 Å². The minimum atomic E-state index is -4.43. The zero-order chi connectivity index (χ0) is 23.5. The normalized spacial score (nSPS) is 11.2. The lowest BCUT2D eigenvalue weighted by atomic mass is 10.2. The zero-order valence-electron chi connectivity index (χ0n) is 17.1. The van der Waals surface area contributed by atoms with E-state index in [1.165, 1.54) is 54.2 Å². The maximum atomic E-state index is 12.6. The molecule has 1 amide bonds. The number of carbonyl (C=O) groups excluding carboxylic acids is 2. The lowest BCUT2D eigenvalue weighted by Gasteiger charge is -2.10. The van der Waals surface area contributed by atoms with Gasteiger partial charge in [0.1, 0.15) is 17.1 Å². The van der Waals surface area contributed by atoms with Gasteiger partial charge < -0.3 is 24.5 Å². The van der Waals surface area contributed by atoms with Crippen LogP contribution in [0.3, 0.4) is 0 Å². The first-order chi connectivity index (χ1) is 15.1. The van der Waals surface area contributed by atoms with Crippen molar-refractivity contribution >= 4 is 17.6 Å². The number of nitrogens with zero attached hydrogens (tertiary/aromatic N) is 1. The van der Waals surface area contributed by atoms with E-state index < -0.39 is 29.4 Å². The van der Waals surface area contributed by atoms with E-state index in [2.05, 4.69) is 5.32 Å². The Hall–Kier alpha value is -3.95. The van der Waals surface area contributed by atoms with Crippen molar-refractivity contribution in [3.05, 3.63) is 71.5 Å². The summed E-state index contributed by atoms with van der Waals surface area (Å²) in [5, 5.41) is 12.8. The minimum absolute atomic E-state index is 0.111. The van der Waals surface area contributed by atoms with Crippen LogP contribution in [0.5, 0.6) is 17.2 Å². The van der Waals surface area contributed by atoms with Crippen molar-refractivity contribution < 1.29 is 37.3 Å². The maximum Gasteiger partial charge on any atom is 0.416 e. The van der Waals surface area contributed by atoms with Crippen LogP contribution in [-0.2, 0) is 18.0 Å². The molecule has 0 saturated carbocycles. The third kappa shape index (κ3) is 5.02. The Morgan fingerprint density at radius 2 is 1.59 bits per heavy atom. The first kappa shape index (κ1) is 22.7. The van der Waals surface area contributed by atoms with Gasteiger partial charge in [-0.05, 0) is 55.5 Å². The van der Waals surface area contributed by atoms with Gasteiger partial charge in [-0.25, -0.2) is 4.79 Å². The van der Waals surface area contributed by atoms with Crippen molar-refractivity contribution in [2.75, 3.05) is 11.9 Å². The highest BCUT2D eigenvalue weighted by molar-refractivity contribution is 6.08. The van der Waals surface area contributed by atoms with Gasteiger partial charge in [-0.2, -0.15) is 13.2 Å². The number of anilines is 1. The van der Waals surface area contributed by atoms with Gasteiger partial charge in [0, 0.05) is 18.9 Å². The van der Waals surface area contributed by atoms with Gasteiger partial charge in [-0.3, -0.25) is 4.79 Å². The second-order valence-electron chi connectivity index (χ2n) is 6.67. The SMILES string of the molecule is CCOC(=O)c1c(O)c(C(=O)Nc2ccc(Oc3ccc(C(F)(F)F)cc3)cc2)cn1C. The third-order valence-electron chi connectivity index (χ3n) is 4.40. The molecule has 0 aliphatic rings. The summed E-state index contributed by atoms with van der Waals surface area (Å²) in [5.41, 5.74) is -0.660. The standard InChI is InChI=1S/C22H19F3N2O5/c1-3-31-21(30)18-19(28)17(12-27(18)2)20(29)26-14-6-10-16(11-7-14)32-15-8-4-13(5-9-15)22(23,24)25/h4-12,28H,3H2,1-2H3,(H,26,29). The molecule has 0 saturated heterocycles. The van der Waals surface area contributed by atoms with Gasteiger partial charge >= 0.3 is 12.1 Å². The molecule has 7 nitrogen and oxygen atoms in total. The van der Waals surface area contributed by atoms with Gasteiger partial charge in [0.2, 0.25) is 0 Å². The first-order valence-corrected chi connectivity index (χ1v) is 9.42. The summed E-state index contributed by atoms with van der Waals surface area (Å²) in [6.45, 7) is 1.74.